The molecule has 0 bridgehead atoms. The Kier molecular flexibility index (Phi) is 3.63. The predicted molar refractivity (Wildman–Crippen MR) is 85.8 cm³/mol. The third-order valence-corrected chi connectivity index (χ3v) is 4.99. The maximum Gasteiger partial charge on any atom is 0.256 e. The molecule has 4 rings (SSSR count). The van der Waals surface area contributed by atoms with Gasteiger partial charge in [-0.05, 0) is 36.8 Å². The molecule has 1 aliphatic heterocycles. The zero-order valence-corrected chi connectivity index (χ0v) is 13.2. The Labute approximate surface area is 139 Å². The van der Waals surface area contributed by atoms with Gasteiger partial charge in [-0.25, -0.2) is 14.4 Å². The number of pyridine rings is 1. The van der Waals surface area contributed by atoms with Gasteiger partial charge in [0.25, 0.3) is 5.91 Å². The number of halogens is 1. The predicted octanol–water partition coefficient (Wildman–Crippen LogP) is 2.12. The first-order chi connectivity index (χ1) is 11.7. The number of hydrogen-bond donors (Lipinski definition) is 1. The molecule has 0 unspecified atom stereocenters. The summed E-state index contributed by atoms with van der Waals surface area (Å²) >= 11 is 0. The summed E-state index contributed by atoms with van der Waals surface area (Å²) in [5.41, 5.74) is 0.250. The van der Waals surface area contributed by atoms with Gasteiger partial charge in [-0.1, -0.05) is 0 Å². The van der Waals surface area contributed by atoms with Gasteiger partial charge in [-0.3, -0.25) is 9.78 Å². The number of rotatable bonds is 3. The second-order valence-electron chi connectivity index (χ2n) is 6.65. The highest BCUT2D eigenvalue weighted by atomic mass is 19.1. The monoisotopic (exact) mass is 327 g/mol. The number of nitrogens with zero attached hydrogens (tertiary/aromatic N) is 4. The molecule has 7 heteroatoms. The van der Waals surface area contributed by atoms with E-state index in [4.69, 9.17) is 0 Å². The van der Waals surface area contributed by atoms with Gasteiger partial charge in [0.2, 0.25) is 5.95 Å². The fraction of sp³-hybridized carbons (Fsp3) is 0.412. The molecule has 1 saturated heterocycles. The van der Waals surface area contributed by atoms with Crippen LogP contribution in [0.3, 0.4) is 0 Å². The summed E-state index contributed by atoms with van der Waals surface area (Å²) in [7, 11) is 0. The third-order valence-electron chi connectivity index (χ3n) is 4.99. The maximum absolute atomic E-state index is 13.8. The summed E-state index contributed by atoms with van der Waals surface area (Å²) in [5, 5.41) is 3.32. The molecule has 1 spiro atoms. The van der Waals surface area contributed by atoms with E-state index in [0.717, 1.165) is 25.5 Å². The number of carbonyl (C=O) groups excluding carboxylic acids is 1. The van der Waals surface area contributed by atoms with Crippen LogP contribution in [0.25, 0.3) is 0 Å². The van der Waals surface area contributed by atoms with Crippen molar-refractivity contribution in [3.8, 4) is 0 Å². The van der Waals surface area contributed by atoms with Gasteiger partial charge in [0.15, 0.2) is 5.82 Å². The molecule has 1 N–H and O–H groups in total. The molecule has 1 saturated carbocycles. The Morgan fingerprint density at radius 1 is 1.29 bits per heavy atom. The zero-order chi connectivity index (χ0) is 16.6. The van der Waals surface area contributed by atoms with Gasteiger partial charge in [-0.2, -0.15) is 0 Å². The number of nitrogens with one attached hydrogen (secondary N) is 1. The number of anilines is 1. The minimum Gasteiger partial charge on any atom is -0.351 e. The second kappa shape index (κ2) is 5.81. The van der Waals surface area contributed by atoms with Crippen molar-refractivity contribution < 1.29 is 9.18 Å². The molecule has 0 radical (unpaired) electrons. The van der Waals surface area contributed by atoms with E-state index in [9.17, 15) is 9.18 Å². The molecule has 124 valence electrons. The van der Waals surface area contributed by atoms with Crippen LogP contribution in [0.2, 0.25) is 0 Å². The van der Waals surface area contributed by atoms with Gasteiger partial charge in [0, 0.05) is 37.7 Å². The lowest BCUT2D eigenvalue weighted by atomic mass is 9.65. The average Bonchev–Trinajstić information content (AvgIpc) is 3.01. The van der Waals surface area contributed by atoms with Crippen molar-refractivity contribution in [2.24, 2.45) is 5.41 Å². The summed E-state index contributed by atoms with van der Waals surface area (Å²) in [6.45, 7) is 1.36. The van der Waals surface area contributed by atoms with Gasteiger partial charge in [-0.15, -0.1) is 0 Å². The van der Waals surface area contributed by atoms with Crippen LogP contribution in [0, 0.1) is 11.2 Å². The zero-order valence-electron chi connectivity index (χ0n) is 13.2. The summed E-state index contributed by atoms with van der Waals surface area (Å²) in [5.74, 6) is -0.158. The molecule has 3 heterocycles. The molecule has 2 aliphatic rings. The molecule has 2 aromatic rings. The van der Waals surface area contributed by atoms with Crippen molar-refractivity contribution in [2.75, 3.05) is 18.4 Å². The molecule has 1 amide bonds. The van der Waals surface area contributed by atoms with E-state index in [-0.39, 0.29) is 16.9 Å². The lowest BCUT2D eigenvalue weighted by Crippen LogP contribution is -2.47. The topological polar surface area (TPSA) is 71.0 Å². The first kappa shape index (κ1) is 15.0. The molecule has 24 heavy (non-hydrogen) atoms. The third kappa shape index (κ3) is 2.70. The highest BCUT2D eigenvalue weighted by Gasteiger charge is 2.49. The van der Waals surface area contributed by atoms with Crippen LogP contribution in [-0.4, -0.2) is 44.9 Å². The Hall–Kier alpha value is -2.57. The summed E-state index contributed by atoms with van der Waals surface area (Å²) in [4.78, 5) is 26.3. The number of amides is 1. The fourth-order valence-electron chi connectivity index (χ4n) is 3.80. The largest absolute Gasteiger partial charge is 0.351 e. The van der Waals surface area contributed by atoms with E-state index >= 15 is 0 Å². The van der Waals surface area contributed by atoms with Gasteiger partial charge in [0.05, 0.1) is 11.8 Å². The van der Waals surface area contributed by atoms with Crippen LogP contribution >= 0.6 is 0 Å². The Bertz CT molecular complexity index is 748. The van der Waals surface area contributed by atoms with Gasteiger partial charge >= 0.3 is 0 Å². The minimum atomic E-state index is -0.558. The number of carbonyl (C=O) groups is 1. The molecular weight excluding hydrogens is 309 g/mol. The Morgan fingerprint density at radius 2 is 2.08 bits per heavy atom. The molecular formula is C17H18FN5O. The lowest BCUT2D eigenvalue weighted by Gasteiger charge is -2.45. The van der Waals surface area contributed by atoms with Crippen LogP contribution in [0.1, 0.15) is 29.6 Å². The van der Waals surface area contributed by atoms with E-state index in [0.29, 0.717) is 25.1 Å². The fourth-order valence-corrected chi connectivity index (χ4v) is 3.80. The Balaban J connectivity index is 1.36. The number of aromatic nitrogens is 3. The number of hydrogen-bond acceptors (Lipinski definition) is 5. The maximum atomic E-state index is 13.8. The van der Waals surface area contributed by atoms with Crippen LogP contribution in [-0.2, 0) is 0 Å². The summed E-state index contributed by atoms with van der Waals surface area (Å²) < 4.78 is 13.8. The van der Waals surface area contributed by atoms with Crippen molar-refractivity contribution >= 4 is 11.9 Å². The molecule has 1 aliphatic carbocycles. The minimum absolute atomic E-state index is 0.105. The Morgan fingerprint density at radius 3 is 2.83 bits per heavy atom. The quantitative estimate of drug-likeness (QED) is 0.935. The summed E-state index contributed by atoms with van der Waals surface area (Å²) in [6, 6.07) is 3.56. The van der Waals surface area contributed by atoms with E-state index in [1.165, 1.54) is 12.3 Å². The number of likely N-dealkylation sites (tertiary alicyclic amines) is 1. The van der Waals surface area contributed by atoms with Crippen molar-refractivity contribution in [1.29, 1.82) is 0 Å². The molecule has 2 aromatic heterocycles. The highest BCUT2D eigenvalue weighted by molar-refractivity contribution is 5.94. The SMILES string of the molecule is O=C(c1ccncc1F)N1CCC2(CC(Nc3ncccn3)C2)C1. The molecule has 0 aromatic carbocycles. The van der Waals surface area contributed by atoms with Crippen LogP contribution < -0.4 is 5.32 Å². The summed E-state index contributed by atoms with van der Waals surface area (Å²) in [6.07, 6.45) is 8.88. The smallest absolute Gasteiger partial charge is 0.256 e. The van der Waals surface area contributed by atoms with E-state index < -0.39 is 5.82 Å². The van der Waals surface area contributed by atoms with Crippen molar-refractivity contribution in [1.82, 2.24) is 19.9 Å². The molecule has 0 atom stereocenters. The molecule has 2 fully saturated rings. The lowest BCUT2D eigenvalue weighted by molar-refractivity contribution is 0.0711. The first-order valence-corrected chi connectivity index (χ1v) is 8.08. The van der Waals surface area contributed by atoms with Gasteiger partial charge in [0.1, 0.15) is 0 Å². The second-order valence-corrected chi connectivity index (χ2v) is 6.65. The van der Waals surface area contributed by atoms with E-state index in [1.54, 1.807) is 23.4 Å². The molecule has 6 nitrogen and oxygen atoms in total. The first-order valence-electron chi connectivity index (χ1n) is 8.08. The van der Waals surface area contributed by atoms with Crippen molar-refractivity contribution in [3.05, 3.63) is 48.3 Å². The standard InChI is InChI=1S/C17H18FN5O/c18-14-10-19-6-2-13(14)15(24)23-7-3-17(11-23)8-12(9-17)22-16-20-4-1-5-21-16/h1-2,4-6,10,12H,3,7-9,11H2,(H,20,21,22). The average molecular weight is 327 g/mol. The van der Waals surface area contributed by atoms with E-state index in [1.807, 2.05) is 0 Å². The van der Waals surface area contributed by atoms with Crippen molar-refractivity contribution in [3.63, 3.8) is 0 Å². The van der Waals surface area contributed by atoms with Crippen LogP contribution in [0.5, 0.6) is 0 Å². The highest BCUT2D eigenvalue weighted by Crippen LogP contribution is 2.49. The van der Waals surface area contributed by atoms with Gasteiger partial charge < -0.3 is 10.2 Å². The normalized spacial score (nSPS) is 25.5. The van der Waals surface area contributed by atoms with E-state index in [2.05, 4.69) is 20.3 Å². The van der Waals surface area contributed by atoms with Crippen LogP contribution in [0.4, 0.5) is 10.3 Å². The van der Waals surface area contributed by atoms with Crippen molar-refractivity contribution in [2.45, 2.75) is 25.3 Å². The van der Waals surface area contributed by atoms with Crippen LogP contribution in [0.15, 0.2) is 36.9 Å².